The molecule has 1 aliphatic heterocycles. The van der Waals surface area contributed by atoms with Gasteiger partial charge in [-0.05, 0) is 50.3 Å². The van der Waals surface area contributed by atoms with Crippen LogP contribution in [0.3, 0.4) is 0 Å². The van der Waals surface area contributed by atoms with Crippen LogP contribution in [0, 0.1) is 19.8 Å². The summed E-state index contributed by atoms with van der Waals surface area (Å²) < 4.78 is 0. The minimum atomic E-state index is 0.172. The normalized spacial score (nSPS) is 22.6. The van der Waals surface area contributed by atoms with Crippen molar-refractivity contribution in [2.45, 2.75) is 46.1 Å². The third kappa shape index (κ3) is 4.07. The van der Waals surface area contributed by atoms with Gasteiger partial charge in [0.05, 0.1) is 0 Å². The van der Waals surface area contributed by atoms with Crippen molar-refractivity contribution in [2.75, 3.05) is 13.1 Å². The van der Waals surface area contributed by atoms with E-state index in [0.29, 0.717) is 12.3 Å². The quantitative estimate of drug-likeness (QED) is 0.885. The molecule has 110 valence electrons. The van der Waals surface area contributed by atoms with Crippen molar-refractivity contribution in [3.05, 3.63) is 34.9 Å². The van der Waals surface area contributed by atoms with E-state index in [2.05, 4.69) is 49.6 Å². The van der Waals surface area contributed by atoms with E-state index in [1.807, 2.05) is 0 Å². The number of rotatable bonds is 4. The lowest BCUT2D eigenvalue weighted by Gasteiger charge is -2.30. The molecule has 2 rings (SSSR count). The smallest absolute Gasteiger partial charge is 0.220 e. The predicted octanol–water partition coefficient (Wildman–Crippen LogP) is 2.35. The van der Waals surface area contributed by atoms with Crippen LogP contribution in [-0.4, -0.2) is 25.0 Å². The van der Waals surface area contributed by atoms with Gasteiger partial charge in [0.1, 0.15) is 0 Å². The summed E-state index contributed by atoms with van der Waals surface area (Å²) in [5.41, 5.74) is 3.84. The zero-order valence-electron chi connectivity index (χ0n) is 12.8. The highest BCUT2D eigenvalue weighted by Gasteiger charge is 2.22. The Morgan fingerprint density at radius 1 is 1.40 bits per heavy atom. The molecule has 0 spiro atoms. The second kappa shape index (κ2) is 6.89. The molecule has 1 heterocycles. The van der Waals surface area contributed by atoms with Crippen LogP contribution in [0.2, 0.25) is 0 Å². The van der Waals surface area contributed by atoms with Gasteiger partial charge in [0, 0.05) is 19.0 Å². The van der Waals surface area contributed by atoms with Gasteiger partial charge in [-0.1, -0.05) is 30.7 Å². The third-order valence-electron chi connectivity index (χ3n) is 4.29. The largest absolute Gasteiger partial charge is 0.352 e. The lowest BCUT2D eigenvalue weighted by Crippen LogP contribution is -2.50. The molecule has 20 heavy (non-hydrogen) atoms. The average Bonchev–Trinajstić information content (AvgIpc) is 2.40. The zero-order valence-corrected chi connectivity index (χ0v) is 12.8. The second-order valence-electron chi connectivity index (χ2n) is 6.07. The van der Waals surface area contributed by atoms with Crippen LogP contribution in [-0.2, 0) is 11.2 Å². The molecule has 1 amide bonds. The summed E-state index contributed by atoms with van der Waals surface area (Å²) in [7, 11) is 0. The maximum atomic E-state index is 12.1. The highest BCUT2D eigenvalue weighted by molar-refractivity contribution is 5.76. The first-order valence-electron chi connectivity index (χ1n) is 7.62. The topological polar surface area (TPSA) is 41.1 Å². The molecule has 2 N–H and O–H groups in total. The van der Waals surface area contributed by atoms with E-state index >= 15 is 0 Å². The Kier molecular flexibility index (Phi) is 5.18. The van der Waals surface area contributed by atoms with Crippen LogP contribution in [0.25, 0.3) is 0 Å². The SMILES string of the molecule is Cc1ccc(CCC(=O)NC2CNCCC2C)c(C)c1. The molecule has 3 nitrogen and oxygen atoms in total. The van der Waals surface area contributed by atoms with Gasteiger partial charge in [-0.2, -0.15) is 0 Å². The van der Waals surface area contributed by atoms with Gasteiger partial charge in [-0.15, -0.1) is 0 Å². The average molecular weight is 274 g/mol. The number of nitrogens with one attached hydrogen (secondary N) is 2. The van der Waals surface area contributed by atoms with Crippen LogP contribution < -0.4 is 10.6 Å². The molecule has 1 aliphatic rings. The number of aryl methyl sites for hydroxylation is 3. The molecule has 0 bridgehead atoms. The molecule has 0 radical (unpaired) electrons. The number of carbonyl (C=O) groups is 1. The lowest BCUT2D eigenvalue weighted by molar-refractivity contribution is -0.122. The van der Waals surface area contributed by atoms with E-state index in [0.717, 1.165) is 25.9 Å². The lowest BCUT2D eigenvalue weighted by atomic mass is 9.94. The van der Waals surface area contributed by atoms with Gasteiger partial charge in [-0.25, -0.2) is 0 Å². The molecular formula is C17H26N2O. The monoisotopic (exact) mass is 274 g/mol. The number of piperidine rings is 1. The highest BCUT2D eigenvalue weighted by atomic mass is 16.1. The summed E-state index contributed by atoms with van der Waals surface area (Å²) in [5, 5.41) is 6.51. The Balaban J connectivity index is 1.82. The molecule has 1 aromatic rings. The Labute approximate surface area is 122 Å². The van der Waals surface area contributed by atoms with Gasteiger partial charge in [0.15, 0.2) is 0 Å². The summed E-state index contributed by atoms with van der Waals surface area (Å²) in [5.74, 6) is 0.742. The van der Waals surface area contributed by atoms with Gasteiger partial charge in [0.25, 0.3) is 0 Å². The molecule has 1 fully saturated rings. The van der Waals surface area contributed by atoms with Crippen molar-refractivity contribution >= 4 is 5.91 Å². The fourth-order valence-electron chi connectivity index (χ4n) is 2.84. The fourth-order valence-corrected chi connectivity index (χ4v) is 2.84. The maximum Gasteiger partial charge on any atom is 0.220 e. The number of hydrogen-bond donors (Lipinski definition) is 2. The molecule has 3 heteroatoms. The Morgan fingerprint density at radius 3 is 2.90 bits per heavy atom. The number of amides is 1. The number of benzene rings is 1. The van der Waals surface area contributed by atoms with Crippen LogP contribution >= 0.6 is 0 Å². The first-order chi connectivity index (χ1) is 9.56. The second-order valence-corrected chi connectivity index (χ2v) is 6.07. The summed E-state index contributed by atoms with van der Waals surface area (Å²) in [6.07, 6.45) is 2.54. The molecule has 0 saturated carbocycles. The van der Waals surface area contributed by atoms with Crippen LogP contribution in [0.5, 0.6) is 0 Å². The van der Waals surface area contributed by atoms with Gasteiger partial charge >= 0.3 is 0 Å². The van der Waals surface area contributed by atoms with Crippen LogP contribution in [0.4, 0.5) is 0 Å². The highest BCUT2D eigenvalue weighted by Crippen LogP contribution is 2.14. The van der Waals surface area contributed by atoms with E-state index in [1.165, 1.54) is 16.7 Å². The van der Waals surface area contributed by atoms with Gasteiger partial charge in [0.2, 0.25) is 5.91 Å². The fraction of sp³-hybridized carbons (Fsp3) is 0.588. The summed E-state index contributed by atoms with van der Waals surface area (Å²) in [4.78, 5) is 12.1. The molecule has 0 aromatic heterocycles. The van der Waals surface area contributed by atoms with Crippen LogP contribution in [0.1, 0.15) is 36.5 Å². The molecule has 1 saturated heterocycles. The van der Waals surface area contributed by atoms with Crippen molar-refractivity contribution in [1.29, 1.82) is 0 Å². The minimum absolute atomic E-state index is 0.172. The minimum Gasteiger partial charge on any atom is -0.352 e. The van der Waals surface area contributed by atoms with E-state index in [9.17, 15) is 4.79 Å². The van der Waals surface area contributed by atoms with Crippen molar-refractivity contribution in [3.8, 4) is 0 Å². The van der Waals surface area contributed by atoms with Crippen molar-refractivity contribution < 1.29 is 4.79 Å². The van der Waals surface area contributed by atoms with Crippen molar-refractivity contribution in [1.82, 2.24) is 10.6 Å². The predicted molar refractivity (Wildman–Crippen MR) is 82.8 cm³/mol. The molecule has 1 aromatic carbocycles. The molecular weight excluding hydrogens is 248 g/mol. The Bertz CT molecular complexity index is 470. The maximum absolute atomic E-state index is 12.1. The molecule has 2 atom stereocenters. The molecule has 0 aliphatic carbocycles. The molecule has 2 unspecified atom stereocenters. The number of hydrogen-bond acceptors (Lipinski definition) is 2. The van der Waals surface area contributed by atoms with Crippen LogP contribution in [0.15, 0.2) is 18.2 Å². The first kappa shape index (κ1) is 15.0. The summed E-state index contributed by atoms with van der Waals surface area (Å²) >= 11 is 0. The van der Waals surface area contributed by atoms with Crippen molar-refractivity contribution in [2.24, 2.45) is 5.92 Å². The first-order valence-corrected chi connectivity index (χ1v) is 7.62. The summed E-state index contributed by atoms with van der Waals surface area (Å²) in [6.45, 7) is 8.40. The van der Waals surface area contributed by atoms with Gasteiger partial charge in [-0.3, -0.25) is 4.79 Å². The van der Waals surface area contributed by atoms with E-state index in [4.69, 9.17) is 0 Å². The van der Waals surface area contributed by atoms with E-state index in [1.54, 1.807) is 0 Å². The van der Waals surface area contributed by atoms with E-state index < -0.39 is 0 Å². The Hall–Kier alpha value is -1.35. The third-order valence-corrected chi connectivity index (χ3v) is 4.29. The van der Waals surface area contributed by atoms with Gasteiger partial charge < -0.3 is 10.6 Å². The number of carbonyl (C=O) groups excluding carboxylic acids is 1. The van der Waals surface area contributed by atoms with E-state index in [-0.39, 0.29) is 11.9 Å². The zero-order chi connectivity index (χ0) is 14.5. The standard InChI is InChI=1S/C17H26N2O/c1-12-4-5-15(14(3)10-12)6-7-17(20)19-16-11-18-9-8-13(16)2/h4-5,10,13,16,18H,6-9,11H2,1-3H3,(H,19,20). The van der Waals surface area contributed by atoms with Crippen molar-refractivity contribution in [3.63, 3.8) is 0 Å². The summed E-state index contributed by atoms with van der Waals surface area (Å²) in [6, 6.07) is 6.73. The Morgan fingerprint density at radius 2 is 2.20 bits per heavy atom.